The summed E-state index contributed by atoms with van der Waals surface area (Å²) in [6.45, 7) is 2.10. The van der Waals surface area contributed by atoms with Crippen LogP contribution in [0, 0.1) is 11.3 Å². The molecule has 0 aliphatic rings. The third kappa shape index (κ3) is 3.65. The molecule has 1 aromatic carbocycles. The summed E-state index contributed by atoms with van der Waals surface area (Å²) in [7, 11) is 0. The Morgan fingerprint density at radius 3 is 2.87 bits per heavy atom. The van der Waals surface area contributed by atoms with Crippen LogP contribution in [0.3, 0.4) is 0 Å². The van der Waals surface area contributed by atoms with Crippen LogP contribution in [0.5, 0.6) is 0 Å². The van der Waals surface area contributed by atoms with E-state index in [1.807, 2.05) is 6.07 Å². The number of nitriles is 1. The van der Waals surface area contributed by atoms with Gasteiger partial charge in [0.05, 0.1) is 22.3 Å². The molecule has 0 saturated heterocycles. The predicted molar refractivity (Wildman–Crippen MR) is 67.6 cm³/mol. The minimum Gasteiger partial charge on any atom is -0.381 e. The lowest BCUT2D eigenvalue weighted by Gasteiger charge is -2.15. The molecular formula is C11H13ClN2S. The van der Waals surface area contributed by atoms with Gasteiger partial charge in [0.15, 0.2) is 0 Å². The molecule has 15 heavy (non-hydrogen) atoms. The van der Waals surface area contributed by atoms with E-state index in [0.717, 1.165) is 11.4 Å². The molecule has 0 aliphatic heterocycles. The molecule has 4 heteroatoms. The lowest BCUT2D eigenvalue weighted by Crippen LogP contribution is -2.17. The van der Waals surface area contributed by atoms with E-state index >= 15 is 0 Å². The first-order valence-corrected chi connectivity index (χ1v) is 6.39. The lowest BCUT2D eigenvalue weighted by atomic mass is 10.2. The zero-order chi connectivity index (χ0) is 11.3. The number of rotatable bonds is 4. The molecule has 0 fully saturated rings. The molecule has 0 aromatic heterocycles. The van der Waals surface area contributed by atoms with Gasteiger partial charge in [-0.2, -0.15) is 17.0 Å². The maximum atomic E-state index is 8.69. The average molecular weight is 241 g/mol. The molecule has 1 N–H and O–H groups in total. The van der Waals surface area contributed by atoms with Crippen LogP contribution in [-0.4, -0.2) is 18.1 Å². The smallest absolute Gasteiger partial charge is 0.0992 e. The molecule has 0 radical (unpaired) electrons. The quantitative estimate of drug-likeness (QED) is 0.877. The number of halogens is 1. The van der Waals surface area contributed by atoms with E-state index in [1.54, 1.807) is 23.9 Å². The molecule has 80 valence electrons. The summed E-state index contributed by atoms with van der Waals surface area (Å²) in [4.78, 5) is 0. The molecule has 2 nitrogen and oxygen atoms in total. The molecule has 0 amide bonds. The summed E-state index contributed by atoms with van der Waals surface area (Å²) >= 11 is 7.82. The van der Waals surface area contributed by atoms with Crippen LogP contribution in [0.4, 0.5) is 5.69 Å². The Labute approximate surface area is 99.6 Å². The van der Waals surface area contributed by atoms with Crippen LogP contribution in [0.25, 0.3) is 0 Å². The summed E-state index contributed by atoms with van der Waals surface area (Å²) < 4.78 is 0. The average Bonchev–Trinajstić information content (AvgIpc) is 2.21. The third-order valence-corrected chi connectivity index (χ3v) is 3.06. The Kier molecular flexibility index (Phi) is 4.80. The maximum Gasteiger partial charge on any atom is 0.0992 e. The van der Waals surface area contributed by atoms with Crippen molar-refractivity contribution in [1.82, 2.24) is 0 Å². The van der Waals surface area contributed by atoms with Crippen molar-refractivity contribution in [2.45, 2.75) is 13.0 Å². The molecule has 1 unspecified atom stereocenters. The van der Waals surface area contributed by atoms with Crippen molar-refractivity contribution < 1.29 is 0 Å². The van der Waals surface area contributed by atoms with E-state index in [0.29, 0.717) is 16.6 Å². The Morgan fingerprint density at radius 2 is 2.33 bits per heavy atom. The number of benzene rings is 1. The molecular weight excluding hydrogens is 228 g/mol. The molecule has 0 bridgehead atoms. The highest BCUT2D eigenvalue weighted by Crippen LogP contribution is 2.23. The normalized spacial score (nSPS) is 11.9. The Hall–Kier alpha value is -0.850. The summed E-state index contributed by atoms with van der Waals surface area (Å²) in [5.41, 5.74) is 1.47. The first-order valence-electron chi connectivity index (χ1n) is 4.62. The van der Waals surface area contributed by atoms with Gasteiger partial charge in [-0.05, 0) is 31.4 Å². The molecule has 1 rings (SSSR count). The van der Waals surface area contributed by atoms with E-state index in [4.69, 9.17) is 16.9 Å². The minimum absolute atomic E-state index is 0.366. The van der Waals surface area contributed by atoms with Gasteiger partial charge in [0.1, 0.15) is 0 Å². The highest BCUT2D eigenvalue weighted by atomic mass is 35.5. The number of nitrogens with one attached hydrogen (secondary N) is 1. The van der Waals surface area contributed by atoms with Gasteiger partial charge in [-0.3, -0.25) is 0 Å². The number of hydrogen-bond donors (Lipinski definition) is 1. The van der Waals surface area contributed by atoms with E-state index in [1.165, 1.54) is 0 Å². The van der Waals surface area contributed by atoms with Gasteiger partial charge >= 0.3 is 0 Å². The highest BCUT2D eigenvalue weighted by Gasteiger charge is 2.05. The van der Waals surface area contributed by atoms with Gasteiger partial charge < -0.3 is 5.32 Å². The first kappa shape index (κ1) is 12.2. The van der Waals surface area contributed by atoms with Gasteiger partial charge in [0, 0.05) is 11.8 Å². The predicted octanol–water partition coefficient (Wildman–Crippen LogP) is 3.38. The Balaban J connectivity index is 2.74. The van der Waals surface area contributed by atoms with Crippen LogP contribution in [-0.2, 0) is 0 Å². The number of nitrogens with zero attached hydrogens (tertiary/aromatic N) is 1. The third-order valence-electron chi connectivity index (χ3n) is 1.92. The minimum atomic E-state index is 0.366. The number of hydrogen-bond acceptors (Lipinski definition) is 3. The van der Waals surface area contributed by atoms with Gasteiger partial charge in [-0.25, -0.2) is 0 Å². The van der Waals surface area contributed by atoms with E-state index < -0.39 is 0 Å². The Morgan fingerprint density at radius 1 is 1.60 bits per heavy atom. The van der Waals surface area contributed by atoms with Crippen molar-refractivity contribution in [3.8, 4) is 6.07 Å². The Bertz CT molecular complexity index is 373. The molecule has 0 spiro atoms. The second kappa shape index (κ2) is 5.89. The van der Waals surface area contributed by atoms with Crippen molar-refractivity contribution >= 4 is 29.1 Å². The maximum absolute atomic E-state index is 8.69. The van der Waals surface area contributed by atoms with E-state index in [9.17, 15) is 0 Å². The highest BCUT2D eigenvalue weighted by molar-refractivity contribution is 7.98. The fraction of sp³-hybridized carbons (Fsp3) is 0.364. The van der Waals surface area contributed by atoms with Crippen molar-refractivity contribution in [3.05, 3.63) is 28.8 Å². The van der Waals surface area contributed by atoms with E-state index in [-0.39, 0.29) is 0 Å². The van der Waals surface area contributed by atoms with Crippen LogP contribution in [0.2, 0.25) is 5.02 Å². The first-order chi connectivity index (χ1) is 7.17. The van der Waals surface area contributed by atoms with Gasteiger partial charge in [0.2, 0.25) is 0 Å². The number of anilines is 1. The summed E-state index contributed by atoms with van der Waals surface area (Å²) in [6.07, 6.45) is 2.07. The molecule has 1 atom stereocenters. The second-order valence-corrected chi connectivity index (χ2v) is 4.63. The summed E-state index contributed by atoms with van der Waals surface area (Å²) in [6, 6.07) is 7.71. The van der Waals surface area contributed by atoms with Crippen molar-refractivity contribution in [2.24, 2.45) is 0 Å². The summed E-state index contributed by atoms with van der Waals surface area (Å²) in [5.74, 6) is 1.02. The van der Waals surface area contributed by atoms with Crippen LogP contribution in [0.15, 0.2) is 18.2 Å². The largest absolute Gasteiger partial charge is 0.381 e. The molecule has 1 aromatic rings. The SMILES string of the molecule is CSCC(C)Nc1ccc(C#N)cc1Cl. The van der Waals surface area contributed by atoms with Crippen LogP contribution < -0.4 is 5.32 Å². The van der Waals surface area contributed by atoms with Crippen LogP contribution in [0.1, 0.15) is 12.5 Å². The lowest BCUT2D eigenvalue weighted by molar-refractivity contribution is 0.914. The standard InChI is InChI=1S/C11H13ClN2S/c1-8(7-15-2)14-11-4-3-9(6-13)5-10(11)12/h3-5,8,14H,7H2,1-2H3. The zero-order valence-corrected chi connectivity index (χ0v) is 10.3. The van der Waals surface area contributed by atoms with Crippen molar-refractivity contribution in [2.75, 3.05) is 17.3 Å². The second-order valence-electron chi connectivity index (χ2n) is 3.31. The number of thioether (sulfide) groups is 1. The van der Waals surface area contributed by atoms with Gasteiger partial charge in [-0.15, -0.1) is 0 Å². The van der Waals surface area contributed by atoms with Crippen molar-refractivity contribution in [3.63, 3.8) is 0 Å². The zero-order valence-electron chi connectivity index (χ0n) is 8.75. The van der Waals surface area contributed by atoms with Crippen LogP contribution >= 0.6 is 23.4 Å². The molecule has 0 aliphatic carbocycles. The fourth-order valence-corrected chi connectivity index (χ4v) is 2.08. The van der Waals surface area contributed by atoms with E-state index in [2.05, 4.69) is 24.6 Å². The fourth-order valence-electron chi connectivity index (χ4n) is 1.26. The summed E-state index contributed by atoms with van der Waals surface area (Å²) in [5, 5.41) is 12.6. The van der Waals surface area contributed by atoms with Crippen molar-refractivity contribution in [1.29, 1.82) is 5.26 Å². The molecule has 0 heterocycles. The topological polar surface area (TPSA) is 35.8 Å². The monoisotopic (exact) mass is 240 g/mol. The van der Waals surface area contributed by atoms with Gasteiger partial charge in [-0.1, -0.05) is 11.6 Å². The van der Waals surface area contributed by atoms with Gasteiger partial charge in [0.25, 0.3) is 0 Å². The molecule has 0 saturated carbocycles.